The standard InChI is InChI=1S/C11H9N3OS/c1-2-10-13-8(5-11(15)14-10)9-4-3-7(6-12)16-9/h3-5H,2H2,1H3,(H,13,14,15). The first-order valence-corrected chi connectivity index (χ1v) is 5.65. The molecule has 0 unspecified atom stereocenters. The van der Waals surface area contributed by atoms with Crippen LogP contribution in [0.5, 0.6) is 0 Å². The number of aromatic amines is 1. The number of aryl methyl sites for hydroxylation is 1. The highest BCUT2D eigenvalue weighted by molar-refractivity contribution is 7.15. The Morgan fingerprint density at radius 3 is 3.00 bits per heavy atom. The van der Waals surface area contributed by atoms with Crippen molar-refractivity contribution in [2.75, 3.05) is 0 Å². The van der Waals surface area contributed by atoms with Crippen LogP contribution in [-0.4, -0.2) is 9.97 Å². The van der Waals surface area contributed by atoms with Gasteiger partial charge in [-0.2, -0.15) is 5.26 Å². The van der Waals surface area contributed by atoms with E-state index in [1.165, 1.54) is 17.4 Å². The first-order chi connectivity index (χ1) is 7.72. The Morgan fingerprint density at radius 1 is 1.56 bits per heavy atom. The van der Waals surface area contributed by atoms with Crippen molar-refractivity contribution < 1.29 is 0 Å². The molecule has 2 rings (SSSR count). The van der Waals surface area contributed by atoms with Gasteiger partial charge in [0, 0.05) is 12.5 Å². The summed E-state index contributed by atoms with van der Waals surface area (Å²) in [6.45, 7) is 1.93. The lowest BCUT2D eigenvalue weighted by Crippen LogP contribution is -2.10. The topological polar surface area (TPSA) is 69.5 Å². The molecule has 0 aliphatic heterocycles. The maximum Gasteiger partial charge on any atom is 0.251 e. The minimum Gasteiger partial charge on any atom is -0.311 e. The van der Waals surface area contributed by atoms with Crippen molar-refractivity contribution in [3.63, 3.8) is 0 Å². The van der Waals surface area contributed by atoms with Crippen LogP contribution in [0.3, 0.4) is 0 Å². The molecule has 2 aromatic heterocycles. The monoisotopic (exact) mass is 231 g/mol. The Hall–Kier alpha value is -1.93. The molecule has 0 saturated carbocycles. The summed E-state index contributed by atoms with van der Waals surface area (Å²) >= 11 is 1.34. The maximum atomic E-state index is 11.4. The molecule has 2 heterocycles. The van der Waals surface area contributed by atoms with E-state index in [-0.39, 0.29) is 5.56 Å². The van der Waals surface area contributed by atoms with Crippen LogP contribution in [0.4, 0.5) is 0 Å². The molecular formula is C11H9N3OS. The molecule has 0 bridgehead atoms. The molecular weight excluding hydrogens is 222 g/mol. The van der Waals surface area contributed by atoms with Gasteiger partial charge < -0.3 is 4.98 Å². The third-order valence-electron chi connectivity index (χ3n) is 2.09. The molecule has 0 radical (unpaired) electrons. The molecule has 16 heavy (non-hydrogen) atoms. The molecule has 0 atom stereocenters. The minimum atomic E-state index is -0.159. The number of rotatable bonds is 2. The summed E-state index contributed by atoms with van der Waals surface area (Å²) in [6, 6.07) is 7.06. The zero-order chi connectivity index (χ0) is 11.5. The van der Waals surface area contributed by atoms with Gasteiger partial charge in [-0.25, -0.2) is 4.98 Å². The first kappa shape index (κ1) is 10.6. The van der Waals surface area contributed by atoms with Gasteiger partial charge in [0.2, 0.25) is 0 Å². The number of nitrogens with zero attached hydrogens (tertiary/aromatic N) is 2. The number of thiophene rings is 1. The Morgan fingerprint density at radius 2 is 2.38 bits per heavy atom. The molecule has 5 heteroatoms. The van der Waals surface area contributed by atoms with E-state index >= 15 is 0 Å². The Labute approximate surface area is 96.2 Å². The van der Waals surface area contributed by atoms with E-state index in [0.717, 1.165) is 4.88 Å². The average Bonchev–Trinajstić information content (AvgIpc) is 2.76. The highest BCUT2D eigenvalue weighted by Gasteiger charge is 2.06. The van der Waals surface area contributed by atoms with Crippen LogP contribution >= 0.6 is 11.3 Å². The molecule has 0 amide bonds. The van der Waals surface area contributed by atoms with Crippen LogP contribution in [0.1, 0.15) is 17.6 Å². The number of aromatic nitrogens is 2. The fourth-order valence-corrected chi connectivity index (χ4v) is 2.10. The highest BCUT2D eigenvalue weighted by Crippen LogP contribution is 2.25. The van der Waals surface area contributed by atoms with Gasteiger partial charge in [-0.3, -0.25) is 4.79 Å². The van der Waals surface area contributed by atoms with E-state index in [2.05, 4.69) is 16.0 Å². The van der Waals surface area contributed by atoms with E-state index in [4.69, 9.17) is 5.26 Å². The molecule has 0 aliphatic rings. The van der Waals surface area contributed by atoms with Gasteiger partial charge in [-0.15, -0.1) is 11.3 Å². The first-order valence-electron chi connectivity index (χ1n) is 4.83. The number of hydrogen-bond acceptors (Lipinski definition) is 4. The molecule has 0 aliphatic carbocycles. The van der Waals surface area contributed by atoms with E-state index in [1.807, 2.05) is 13.0 Å². The third-order valence-corrected chi connectivity index (χ3v) is 3.11. The van der Waals surface area contributed by atoms with Crippen molar-refractivity contribution in [1.29, 1.82) is 5.26 Å². The fourth-order valence-electron chi connectivity index (χ4n) is 1.34. The SMILES string of the molecule is CCc1nc(-c2ccc(C#N)s2)cc(=O)[nH]1. The summed E-state index contributed by atoms with van der Waals surface area (Å²) in [5, 5.41) is 8.73. The lowest BCUT2D eigenvalue weighted by atomic mass is 10.3. The van der Waals surface area contributed by atoms with Crippen molar-refractivity contribution in [3.8, 4) is 16.6 Å². The third kappa shape index (κ3) is 2.02. The van der Waals surface area contributed by atoms with Crippen molar-refractivity contribution in [3.05, 3.63) is 39.3 Å². The molecule has 2 aromatic rings. The van der Waals surface area contributed by atoms with Crippen LogP contribution in [-0.2, 0) is 6.42 Å². The van der Waals surface area contributed by atoms with Crippen LogP contribution in [0, 0.1) is 11.3 Å². The average molecular weight is 231 g/mol. The second-order valence-electron chi connectivity index (χ2n) is 3.21. The zero-order valence-electron chi connectivity index (χ0n) is 8.65. The van der Waals surface area contributed by atoms with E-state index in [1.54, 1.807) is 6.07 Å². The summed E-state index contributed by atoms with van der Waals surface area (Å²) in [6.07, 6.45) is 0.680. The van der Waals surface area contributed by atoms with Crippen LogP contribution in [0.25, 0.3) is 10.6 Å². The zero-order valence-corrected chi connectivity index (χ0v) is 9.47. The molecule has 1 N–H and O–H groups in total. The van der Waals surface area contributed by atoms with E-state index in [0.29, 0.717) is 22.8 Å². The van der Waals surface area contributed by atoms with Crippen molar-refractivity contribution in [1.82, 2.24) is 9.97 Å². The maximum absolute atomic E-state index is 11.4. The predicted molar refractivity (Wildman–Crippen MR) is 62.3 cm³/mol. The molecule has 0 spiro atoms. The van der Waals surface area contributed by atoms with Crippen molar-refractivity contribution >= 4 is 11.3 Å². The summed E-state index contributed by atoms with van der Waals surface area (Å²) in [5.41, 5.74) is 0.473. The second kappa shape index (κ2) is 4.29. The molecule has 80 valence electrons. The fraction of sp³-hybridized carbons (Fsp3) is 0.182. The van der Waals surface area contributed by atoms with Gasteiger partial charge >= 0.3 is 0 Å². The predicted octanol–water partition coefficient (Wildman–Crippen LogP) is 1.93. The van der Waals surface area contributed by atoms with Crippen LogP contribution < -0.4 is 5.56 Å². The highest BCUT2D eigenvalue weighted by atomic mass is 32.1. The normalized spacial score (nSPS) is 10.0. The summed E-state index contributed by atoms with van der Waals surface area (Å²) in [7, 11) is 0. The second-order valence-corrected chi connectivity index (χ2v) is 4.29. The quantitative estimate of drug-likeness (QED) is 0.858. The van der Waals surface area contributed by atoms with Crippen molar-refractivity contribution in [2.24, 2.45) is 0 Å². The summed E-state index contributed by atoms with van der Waals surface area (Å²) < 4.78 is 0. The summed E-state index contributed by atoms with van der Waals surface area (Å²) in [5.74, 6) is 0.661. The molecule has 4 nitrogen and oxygen atoms in total. The molecule has 0 saturated heterocycles. The van der Waals surface area contributed by atoms with Crippen molar-refractivity contribution in [2.45, 2.75) is 13.3 Å². The Kier molecular flexibility index (Phi) is 2.84. The number of hydrogen-bond donors (Lipinski definition) is 1. The summed E-state index contributed by atoms with van der Waals surface area (Å²) in [4.78, 5) is 19.8. The number of nitriles is 1. The number of nitrogens with one attached hydrogen (secondary N) is 1. The molecule has 0 fully saturated rings. The molecule has 0 aromatic carbocycles. The van der Waals surface area contributed by atoms with Gasteiger partial charge in [0.25, 0.3) is 5.56 Å². The van der Waals surface area contributed by atoms with Gasteiger partial charge in [-0.05, 0) is 12.1 Å². The van der Waals surface area contributed by atoms with E-state index in [9.17, 15) is 4.79 Å². The smallest absolute Gasteiger partial charge is 0.251 e. The van der Waals surface area contributed by atoms with Gasteiger partial charge in [0.15, 0.2) is 0 Å². The van der Waals surface area contributed by atoms with Gasteiger partial charge in [0.05, 0.1) is 10.6 Å². The Bertz CT molecular complexity index is 606. The lowest BCUT2D eigenvalue weighted by molar-refractivity contribution is 0.925. The number of H-pyrrole nitrogens is 1. The van der Waals surface area contributed by atoms with Gasteiger partial charge in [-0.1, -0.05) is 6.92 Å². The van der Waals surface area contributed by atoms with E-state index < -0.39 is 0 Å². The largest absolute Gasteiger partial charge is 0.311 e. The van der Waals surface area contributed by atoms with Gasteiger partial charge in [0.1, 0.15) is 16.8 Å². The Balaban J connectivity index is 2.51. The minimum absolute atomic E-state index is 0.159. The van der Waals surface area contributed by atoms with Crippen LogP contribution in [0.2, 0.25) is 0 Å². The van der Waals surface area contributed by atoms with Crippen LogP contribution in [0.15, 0.2) is 23.0 Å². The lowest BCUT2D eigenvalue weighted by Gasteiger charge is -1.99.